The summed E-state index contributed by atoms with van der Waals surface area (Å²) in [6.07, 6.45) is 0. The second kappa shape index (κ2) is 6.16. The van der Waals surface area contributed by atoms with Gasteiger partial charge in [-0.2, -0.15) is 5.26 Å². The Bertz CT molecular complexity index is 737. The molecular weight excluding hydrogens is 294 g/mol. The number of rotatable bonds is 4. The largest absolute Gasteiger partial charge is 0.497 e. The molecule has 5 nitrogen and oxygen atoms in total. The second-order valence-corrected chi connectivity index (χ2v) is 4.43. The zero-order chi connectivity index (χ0) is 15.4. The van der Waals surface area contributed by atoms with E-state index in [9.17, 15) is 4.79 Å². The molecule has 106 valence electrons. The Hall–Kier alpha value is -2.71. The van der Waals surface area contributed by atoms with Crippen molar-refractivity contribution in [1.29, 1.82) is 5.26 Å². The van der Waals surface area contributed by atoms with Gasteiger partial charge in [0.15, 0.2) is 0 Å². The summed E-state index contributed by atoms with van der Waals surface area (Å²) in [4.78, 5) is 10.8. The number of aromatic carboxylic acids is 1. The summed E-state index contributed by atoms with van der Waals surface area (Å²) in [7, 11) is 1.50. The first-order chi connectivity index (χ1) is 10.0. The third kappa shape index (κ3) is 3.25. The molecule has 21 heavy (non-hydrogen) atoms. The minimum absolute atomic E-state index is 0.0542. The van der Waals surface area contributed by atoms with Crippen LogP contribution in [0.25, 0.3) is 0 Å². The second-order valence-electron chi connectivity index (χ2n) is 4.03. The molecule has 0 fully saturated rings. The van der Waals surface area contributed by atoms with Gasteiger partial charge < -0.3 is 14.6 Å². The standard InChI is InChI=1S/C15H10ClNO4/c1-20-11-4-2-10(8-17)14(7-11)21-13-5-3-9(15(18)19)6-12(13)16/h2-7H,1H3,(H,18,19). The normalized spacial score (nSPS) is 9.76. The molecule has 0 spiro atoms. The Morgan fingerprint density at radius 3 is 2.57 bits per heavy atom. The van der Waals surface area contributed by atoms with E-state index in [0.717, 1.165) is 0 Å². The van der Waals surface area contributed by atoms with Crippen LogP contribution in [0, 0.1) is 11.3 Å². The quantitative estimate of drug-likeness (QED) is 0.931. The summed E-state index contributed by atoms with van der Waals surface area (Å²) >= 11 is 5.99. The van der Waals surface area contributed by atoms with Crippen LogP contribution in [0.2, 0.25) is 5.02 Å². The third-order valence-corrected chi connectivity index (χ3v) is 3.00. The van der Waals surface area contributed by atoms with Crippen molar-refractivity contribution in [3.8, 4) is 23.3 Å². The zero-order valence-corrected chi connectivity index (χ0v) is 11.7. The molecule has 0 saturated heterocycles. The molecule has 0 heterocycles. The minimum atomic E-state index is -1.08. The number of nitriles is 1. The zero-order valence-electron chi connectivity index (χ0n) is 11.0. The van der Waals surface area contributed by atoms with Crippen LogP contribution in [0.15, 0.2) is 36.4 Å². The van der Waals surface area contributed by atoms with Crippen LogP contribution < -0.4 is 9.47 Å². The number of carboxylic acids is 1. The number of carboxylic acid groups (broad SMARTS) is 1. The Morgan fingerprint density at radius 2 is 2.00 bits per heavy atom. The van der Waals surface area contributed by atoms with E-state index in [-0.39, 0.29) is 22.1 Å². The molecule has 1 N–H and O–H groups in total. The Balaban J connectivity index is 2.38. The van der Waals surface area contributed by atoms with E-state index in [0.29, 0.717) is 11.3 Å². The first-order valence-electron chi connectivity index (χ1n) is 5.84. The van der Waals surface area contributed by atoms with Gasteiger partial charge in [-0.15, -0.1) is 0 Å². The SMILES string of the molecule is COc1ccc(C#N)c(Oc2ccc(C(=O)O)cc2Cl)c1. The Morgan fingerprint density at radius 1 is 1.24 bits per heavy atom. The molecule has 0 saturated carbocycles. The highest BCUT2D eigenvalue weighted by Gasteiger charge is 2.11. The number of ether oxygens (including phenoxy) is 2. The summed E-state index contributed by atoms with van der Waals surface area (Å²) in [5.74, 6) is -0.0157. The van der Waals surface area contributed by atoms with Crippen LogP contribution in [-0.4, -0.2) is 18.2 Å². The van der Waals surface area contributed by atoms with E-state index < -0.39 is 5.97 Å². The highest BCUT2D eigenvalue weighted by molar-refractivity contribution is 6.32. The van der Waals surface area contributed by atoms with Gasteiger partial charge in [-0.1, -0.05) is 11.6 Å². The molecule has 0 aliphatic rings. The van der Waals surface area contributed by atoms with Crippen molar-refractivity contribution >= 4 is 17.6 Å². The molecule has 2 rings (SSSR count). The van der Waals surface area contributed by atoms with E-state index in [4.69, 9.17) is 31.4 Å². The van der Waals surface area contributed by atoms with Gasteiger partial charge in [0.05, 0.1) is 23.3 Å². The summed E-state index contributed by atoms with van der Waals surface area (Å²) in [5, 5.41) is 18.1. The van der Waals surface area contributed by atoms with E-state index in [2.05, 4.69) is 0 Å². The summed E-state index contributed by atoms with van der Waals surface area (Å²) in [6, 6.07) is 10.8. The average molecular weight is 304 g/mol. The molecule has 0 unspecified atom stereocenters. The molecule has 0 aliphatic carbocycles. The topological polar surface area (TPSA) is 79.5 Å². The lowest BCUT2D eigenvalue weighted by Crippen LogP contribution is -1.97. The average Bonchev–Trinajstić information content (AvgIpc) is 2.49. The molecule has 2 aromatic rings. The predicted molar refractivity (Wildman–Crippen MR) is 76.2 cm³/mol. The van der Waals surface area contributed by atoms with Crippen LogP contribution in [0.4, 0.5) is 0 Å². The Labute approximate surface area is 125 Å². The minimum Gasteiger partial charge on any atom is -0.497 e. The summed E-state index contributed by atoms with van der Waals surface area (Å²) in [5.41, 5.74) is 0.368. The van der Waals surface area contributed by atoms with Gasteiger partial charge in [-0.05, 0) is 30.3 Å². The van der Waals surface area contributed by atoms with Crippen molar-refractivity contribution in [3.63, 3.8) is 0 Å². The maximum atomic E-state index is 10.8. The van der Waals surface area contributed by atoms with Crippen LogP contribution in [0.5, 0.6) is 17.2 Å². The number of hydrogen-bond acceptors (Lipinski definition) is 4. The number of methoxy groups -OCH3 is 1. The molecule has 0 amide bonds. The van der Waals surface area contributed by atoms with Gasteiger partial charge in [0, 0.05) is 6.07 Å². The number of halogens is 1. The number of nitrogens with zero attached hydrogens (tertiary/aromatic N) is 1. The van der Waals surface area contributed by atoms with Crippen molar-refractivity contribution < 1.29 is 19.4 Å². The van der Waals surface area contributed by atoms with Gasteiger partial charge in [0.2, 0.25) is 0 Å². The first-order valence-corrected chi connectivity index (χ1v) is 6.21. The molecule has 6 heteroatoms. The predicted octanol–water partition coefficient (Wildman–Crippen LogP) is 3.71. The summed E-state index contributed by atoms with van der Waals surface area (Å²) in [6.45, 7) is 0. The van der Waals surface area contributed by atoms with Crippen LogP contribution >= 0.6 is 11.6 Å². The van der Waals surface area contributed by atoms with Gasteiger partial charge in [-0.25, -0.2) is 4.79 Å². The number of hydrogen-bond donors (Lipinski definition) is 1. The van der Waals surface area contributed by atoms with Gasteiger partial charge in [0.25, 0.3) is 0 Å². The van der Waals surface area contributed by atoms with Crippen molar-refractivity contribution in [2.45, 2.75) is 0 Å². The van der Waals surface area contributed by atoms with E-state index in [1.165, 1.54) is 25.3 Å². The molecular formula is C15H10ClNO4. The molecule has 0 bridgehead atoms. The fourth-order valence-corrected chi connectivity index (χ4v) is 1.86. The first kappa shape index (κ1) is 14.7. The van der Waals surface area contributed by atoms with Crippen LogP contribution in [0.3, 0.4) is 0 Å². The lowest BCUT2D eigenvalue weighted by Gasteiger charge is -2.10. The maximum absolute atomic E-state index is 10.8. The van der Waals surface area contributed by atoms with Crippen LogP contribution in [0.1, 0.15) is 15.9 Å². The smallest absolute Gasteiger partial charge is 0.335 e. The fraction of sp³-hybridized carbons (Fsp3) is 0.0667. The molecule has 0 aromatic heterocycles. The third-order valence-electron chi connectivity index (χ3n) is 2.71. The molecule has 0 radical (unpaired) electrons. The van der Waals surface area contributed by atoms with Crippen LogP contribution in [-0.2, 0) is 0 Å². The van der Waals surface area contributed by atoms with Gasteiger partial charge >= 0.3 is 5.97 Å². The van der Waals surface area contributed by atoms with Gasteiger partial charge in [-0.3, -0.25) is 0 Å². The Kier molecular flexibility index (Phi) is 4.31. The number of carbonyl (C=O) groups is 1. The monoisotopic (exact) mass is 303 g/mol. The van der Waals surface area contributed by atoms with Crippen molar-refractivity contribution in [1.82, 2.24) is 0 Å². The highest BCUT2D eigenvalue weighted by Crippen LogP contribution is 2.33. The number of benzene rings is 2. The van der Waals surface area contributed by atoms with E-state index in [1.54, 1.807) is 18.2 Å². The molecule has 0 atom stereocenters. The van der Waals surface area contributed by atoms with Gasteiger partial charge in [0.1, 0.15) is 23.3 Å². The lowest BCUT2D eigenvalue weighted by atomic mass is 10.2. The summed E-state index contributed by atoms with van der Waals surface area (Å²) < 4.78 is 10.7. The molecule has 2 aromatic carbocycles. The van der Waals surface area contributed by atoms with Crippen molar-refractivity contribution in [3.05, 3.63) is 52.5 Å². The van der Waals surface area contributed by atoms with E-state index in [1.807, 2.05) is 6.07 Å². The van der Waals surface area contributed by atoms with E-state index >= 15 is 0 Å². The maximum Gasteiger partial charge on any atom is 0.335 e. The lowest BCUT2D eigenvalue weighted by molar-refractivity contribution is 0.0697. The van der Waals surface area contributed by atoms with Crippen molar-refractivity contribution in [2.24, 2.45) is 0 Å². The van der Waals surface area contributed by atoms with Crippen molar-refractivity contribution in [2.75, 3.05) is 7.11 Å². The fourth-order valence-electron chi connectivity index (χ4n) is 1.64. The highest BCUT2D eigenvalue weighted by atomic mass is 35.5. The molecule has 0 aliphatic heterocycles.